The average molecular weight is 523 g/mol. The van der Waals surface area contributed by atoms with Gasteiger partial charge in [-0.3, -0.25) is 14.4 Å². The molecule has 0 N–H and O–H groups in total. The molecule has 0 bridgehead atoms. The van der Waals surface area contributed by atoms with Crippen LogP contribution in [0, 0.1) is 19.3 Å². The molecule has 0 radical (unpaired) electrons. The van der Waals surface area contributed by atoms with Crippen LogP contribution in [0.1, 0.15) is 48.6 Å². The number of nitrogens with zero attached hydrogens (tertiary/aromatic N) is 4. The second kappa shape index (κ2) is 12.1. The monoisotopic (exact) mass is 522 g/mol. The van der Waals surface area contributed by atoms with Crippen molar-refractivity contribution in [1.29, 1.82) is 0 Å². The van der Waals surface area contributed by atoms with Crippen LogP contribution in [0.2, 0.25) is 5.02 Å². The Kier molecular flexibility index (Phi) is 8.93. The largest absolute Gasteiger partial charge is 0.493 e. The van der Waals surface area contributed by atoms with Crippen LogP contribution >= 0.6 is 11.6 Å². The number of carbonyl (C=O) groups is 1. The van der Waals surface area contributed by atoms with Gasteiger partial charge in [-0.1, -0.05) is 41.9 Å². The summed E-state index contributed by atoms with van der Waals surface area (Å²) in [5.41, 5.74) is 4.17. The fraction of sp³-hybridized carbons (Fsp3) is 0.467. The van der Waals surface area contributed by atoms with Gasteiger partial charge in [0.25, 0.3) is 0 Å². The number of amides is 1. The highest BCUT2D eigenvalue weighted by atomic mass is 35.5. The maximum atomic E-state index is 13.5. The third kappa shape index (κ3) is 7.14. The van der Waals surface area contributed by atoms with Gasteiger partial charge in [0.15, 0.2) is 0 Å². The van der Waals surface area contributed by atoms with Crippen LogP contribution < -0.4 is 4.74 Å². The molecule has 0 saturated carbocycles. The molecular weight excluding hydrogens is 484 g/mol. The third-order valence-corrected chi connectivity index (χ3v) is 7.82. The first-order chi connectivity index (χ1) is 17.8. The lowest BCUT2D eigenvalue weighted by molar-refractivity contribution is -0.135. The van der Waals surface area contributed by atoms with E-state index in [1.165, 1.54) is 5.56 Å². The highest BCUT2D eigenvalue weighted by Crippen LogP contribution is 2.36. The quantitative estimate of drug-likeness (QED) is 0.333. The molecule has 4 rings (SSSR count). The molecule has 37 heavy (non-hydrogen) atoms. The van der Waals surface area contributed by atoms with Crippen LogP contribution in [0.5, 0.6) is 5.75 Å². The first-order valence-electron chi connectivity index (χ1n) is 13.2. The number of ether oxygens (including phenoxy) is 1. The molecule has 2 aromatic carbocycles. The van der Waals surface area contributed by atoms with E-state index < -0.39 is 0 Å². The van der Waals surface area contributed by atoms with E-state index in [9.17, 15) is 4.79 Å². The molecule has 1 fully saturated rings. The van der Waals surface area contributed by atoms with Crippen molar-refractivity contribution < 1.29 is 9.53 Å². The van der Waals surface area contributed by atoms with Gasteiger partial charge in [0.05, 0.1) is 12.3 Å². The summed E-state index contributed by atoms with van der Waals surface area (Å²) in [4.78, 5) is 17.8. The number of aromatic nitrogens is 2. The van der Waals surface area contributed by atoms with Crippen molar-refractivity contribution in [3.8, 4) is 5.75 Å². The van der Waals surface area contributed by atoms with Crippen LogP contribution in [0.4, 0.5) is 0 Å². The Labute approximate surface area is 226 Å². The fourth-order valence-electron chi connectivity index (χ4n) is 5.22. The minimum Gasteiger partial charge on any atom is -0.493 e. The van der Waals surface area contributed by atoms with Crippen molar-refractivity contribution in [2.24, 2.45) is 5.41 Å². The number of benzene rings is 2. The van der Waals surface area contributed by atoms with E-state index in [0.29, 0.717) is 19.6 Å². The summed E-state index contributed by atoms with van der Waals surface area (Å²) in [6.07, 6.45) is 4.58. The van der Waals surface area contributed by atoms with Gasteiger partial charge in [-0.15, -0.1) is 0 Å². The molecule has 1 atom stereocenters. The molecule has 7 heteroatoms. The highest BCUT2D eigenvalue weighted by molar-refractivity contribution is 6.31. The maximum absolute atomic E-state index is 13.5. The Morgan fingerprint density at radius 1 is 1.19 bits per heavy atom. The van der Waals surface area contributed by atoms with E-state index in [1.807, 2.05) is 60.0 Å². The van der Waals surface area contributed by atoms with Gasteiger partial charge in [0, 0.05) is 61.8 Å². The molecule has 1 unspecified atom stereocenters. The summed E-state index contributed by atoms with van der Waals surface area (Å²) >= 11 is 6.23. The van der Waals surface area contributed by atoms with Gasteiger partial charge >= 0.3 is 0 Å². The number of piperidine rings is 1. The van der Waals surface area contributed by atoms with Crippen LogP contribution in [-0.4, -0.2) is 52.2 Å². The van der Waals surface area contributed by atoms with Crippen molar-refractivity contribution in [1.82, 2.24) is 19.6 Å². The van der Waals surface area contributed by atoms with Crippen molar-refractivity contribution in [3.63, 3.8) is 0 Å². The highest BCUT2D eigenvalue weighted by Gasteiger charge is 2.39. The molecular formula is C30H39ClN4O2. The number of carbonyl (C=O) groups excluding carboxylic acids is 1. The molecule has 1 aromatic heterocycles. The van der Waals surface area contributed by atoms with Gasteiger partial charge < -0.3 is 9.64 Å². The Morgan fingerprint density at radius 3 is 2.68 bits per heavy atom. The smallest absolute Gasteiger partial charge is 0.223 e. The fourth-order valence-corrected chi connectivity index (χ4v) is 5.34. The number of rotatable bonds is 10. The normalized spacial score (nSPS) is 18.1. The Hall–Kier alpha value is -2.83. The Morgan fingerprint density at radius 2 is 1.97 bits per heavy atom. The van der Waals surface area contributed by atoms with E-state index in [-0.39, 0.29) is 11.3 Å². The van der Waals surface area contributed by atoms with E-state index in [1.54, 1.807) is 0 Å². The van der Waals surface area contributed by atoms with E-state index in [0.717, 1.165) is 66.6 Å². The minimum absolute atomic E-state index is 0.150. The zero-order valence-electron chi connectivity index (χ0n) is 22.5. The van der Waals surface area contributed by atoms with Gasteiger partial charge in [-0.2, -0.15) is 5.10 Å². The van der Waals surface area contributed by atoms with Gasteiger partial charge in [0.1, 0.15) is 5.75 Å². The molecule has 0 spiro atoms. The first-order valence-corrected chi connectivity index (χ1v) is 13.6. The number of hydrogen-bond acceptors (Lipinski definition) is 4. The molecule has 1 aliphatic heterocycles. The zero-order valence-corrected chi connectivity index (χ0v) is 23.3. The van der Waals surface area contributed by atoms with Crippen molar-refractivity contribution >= 4 is 17.5 Å². The van der Waals surface area contributed by atoms with Crippen molar-refractivity contribution in [2.75, 3.05) is 26.7 Å². The minimum atomic E-state index is -0.275. The summed E-state index contributed by atoms with van der Waals surface area (Å²) < 4.78 is 8.35. The van der Waals surface area contributed by atoms with Gasteiger partial charge in [0.2, 0.25) is 5.91 Å². The molecule has 2 heterocycles. The summed E-state index contributed by atoms with van der Waals surface area (Å²) in [7, 11) is 1.90. The molecule has 1 aliphatic rings. The number of halogens is 1. The predicted molar refractivity (Wildman–Crippen MR) is 149 cm³/mol. The summed E-state index contributed by atoms with van der Waals surface area (Å²) in [6.45, 7) is 10.8. The van der Waals surface area contributed by atoms with E-state index >= 15 is 0 Å². The second-order valence-corrected chi connectivity index (χ2v) is 10.9. The standard InChI is InChI=1S/C30H39ClN4O2/c1-5-35-20-26(24(3)32-35)19-34-15-9-14-30(21-34,22-37-27-12-13-28(31)23(2)16-27)17-29(36)33(4)18-25-10-7-6-8-11-25/h6-8,10-13,16,20H,5,9,14-15,17-19,21-22H2,1-4H3. The van der Waals surface area contributed by atoms with Crippen molar-refractivity contribution in [3.05, 3.63) is 82.1 Å². The second-order valence-electron chi connectivity index (χ2n) is 10.5. The van der Waals surface area contributed by atoms with Gasteiger partial charge in [-0.05, 0) is 69.5 Å². The SMILES string of the molecule is CCn1cc(CN2CCCC(COc3ccc(Cl)c(C)c3)(CC(=O)N(C)Cc3ccccc3)C2)c(C)n1. The number of hydrogen-bond donors (Lipinski definition) is 0. The third-order valence-electron chi connectivity index (χ3n) is 7.40. The lowest BCUT2D eigenvalue weighted by Gasteiger charge is -2.43. The first kappa shape index (κ1) is 27.2. The summed E-state index contributed by atoms with van der Waals surface area (Å²) in [5.74, 6) is 0.945. The Bertz CT molecular complexity index is 1200. The van der Waals surface area contributed by atoms with Crippen LogP contribution in [0.3, 0.4) is 0 Å². The topological polar surface area (TPSA) is 50.6 Å². The van der Waals surface area contributed by atoms with Crippen LogP contribution in [0.15, 0.2) is 54.7 Å². The molecule has 0 aliphatic carbocycles. The molecule has 198 valence electrons. The van der Waals surface area contributed by atoms with Crippen LogP contribution in [0.25, 0.3) is 0 Å². The average Bonchev–Trinajstić information content (AvgIpc) is 3.24. The number of aryl methyl sites for hydroxylation is 3. The van der Waals surface area contributed by atoms with E-state index in [2.05, 4.69) is 42.2 Å². The van der Waals surface area contributed by atoms with Gasteiger partial charge in [-0.25, -0.2) is 0 Å². The molecule has 1 saturated heterocycles. The van der Waals surface area contributed by atoms with E-state index in [4.69, 9.17) is 16.3 Å². The molecule has 3 aromatic rings. The summed E-state index contributed by atoms with van der Waals surface area (Å²) in [6, 6.07) is 15.9. The summed E-state index contributed by atoms with van der Waals surface area (Å²) in [5, 5.41) is 5.36. The number of likely N-dealkylation sites (tertiary alicyclic amines) is 1. The predicted octanol–water partition coefficient (Wildman–Crippen LogP) is 5.88. The Balaban J connectivity index is 1.51. The van der Waals surface area contributed by atoms with Crippen molar-refractivity contribution in [2.45, 2.75) is 59.7 Å². The lowest BCUT2D eigenvalue weighted by Crippen LogP contribution is -2.48. The molecule has 6 nitrogen and oxygen atoms in total. The lowest BCUT2D eigenvalue weighted by atomic mass is 9.77. The zero-order chi connectivity index (χ0) is 26.4. The van der Waals surface area contributed by atoms with Crippen LogP contribution in [-0.2, 0) is 24.4 Å². The maximum Gasteiger partial charge on any atom is 0.223 e. The molecule has 1 amide bonds.